The molecule has 4 aromatic carbocycles. The summed E-state index contributed by atoms with van der Waals surface area (Å²) in [5.41, 5.74) is 5.90. The van der Waals surface area contributed by atoms with E-state index in [1.54, 1.807) is 9.91 Å². The SMILES string of the molecule is CCCN(C(=O)NCc1ccccc1)N1CC(=O)N2[C@@H](Cc3ccccc3)C(=O)N(Cc3cccc4c3cnn4Cc3ccccc3COOC)C[C@@H]21. The van der Waals surface area contributed by atoms with Gasteiger partial charge in [-0.25, -0.2) is 14.6 Å². The lowest BCUT2D eigenvalue weighted by atomic mass is 9.99. The minimum absolute atomic E-state index is 0.00901. The average molecular weight is 716 g/mol. The van der Waals surface area contributed by atoms with Gasteiger partial charge in [-0.2, -0.15) is 10.1 Å². The molecule has 2 fully saturated rings. The van der Waals surface area contributed by atoms with Gasteiger partial charge in [-0.15, -0.1) is 0 Å². The number of aromatic nitrogens is 2. The van der Waals surface area contributed by atoms with Gasteiger partial charge >= 0.3 is 6.03 Å². The van der Waals surface area contributed by atoms with Crippen LogP contribution >= 0.6 is 0 Å². The molecule has 7 rings (SSSR count). The molecule has 3 heterocycles. The summed E-state index contributed by atoms with van der Waals surface area (Å²) in [6, 6.07) is 32.6. The summed E-state index contributed by atoms with van der Waals surface area (Å²) in [4.78, 5) is 55.8. The van der Waals surface area contributed by atoms with Gasteiger partial charge in [-0.1, -0.05) is 104 Å². The summed E-state index contributed by atoms with van der Waals surface area (Å²) < 4.78 is 1.95. The molecule has 274 valence electrons. The van der Waals surface area contributed by atoms with E-state index in [9.17, 15) is 14.4 Å². The minimum atomic E-state index is -0.725. The molecule has 0 radical (unpaired) electrons. The number of carbonyl (C=O) groups is 3. The lowest BCUT2D eigenvalue weighted by Crippen LogP contribution is -2.66. The van der Waals surface area contributed by atoms with Crippen LogP contribution in [0.2, 0.25) is 0 Å². The summed E-state index contributed by atoms with van der Waals surface area (Å²) in [5, 5.41) is 12.3. The minimum Gasteiger partial charge on any atom is -0.333 e. The number of fused-ring (bicyclic) bond motifs is 2. The third-order valence-corrected chi connectivity index (χ3v) is 10.0. The van der Waals surface area contributed by atoms with Crippen LogP contribution < -0.4 is 5.32 Å². The Labute approximate surface area is 309 Å². The molecule has 0 aliphatic carbocycles. The van der Waals surface area contributed by atoms with Crippen LogP contribution in [-0.2, 0) is 52.0 Å². The second-order valence-electron chi connectivity index (χ2n) is 13.4. The highest BCUT2D eigenvalue weighted by Gasteiger charge is 2.52. The number of rotatable bonds is 14. The van der Waals surface area contributed by atoms with E-state index < -0.39 is 12.2 Å². The van der Waals surface area contributed by atoms with E-state index in [1.807, 2.05) is 125 Å². The molecular weight excluding hydrogens is 670 g/mol. The van der Waals surface area contributed by atoms with E-state index in [2.05, 4.69) is 11.4 Å². The molecule has 2 aliphatic heterocycles. The zero-order chi connectivity index (χ0) is 36.7. The largest absolute Gasteiger partial charge is 0.333 e. The van der Waals surface area contributed by atoms with Crippen molar-refractivity contribution in [1.29, 1.82) is 0 Å². The predicted octanol–water partition coefficient (Wildman–Crippen LogP) is 5.12. The summed E-state index contributed by atoms with van der Waals surface area (Å²) in [6.45, 7) is 4.23. The smallest absolute Gasteiger partial charge is 0.332 e. The zero-order valence-electron chi connectivity index (χ0n) is 30.1. The summed E-state index contributed by atoms with van der Waals surface area (Å²) in [5.74, 6) is -0.284. The number of amides is 4. The Morgan fingerprint density at radius 3 is 2.30 bits per heavy atom. The molecule has 0 saturated carbocycles. The highest BCUT2D eigenvalue weighted by molar-refractivity contribution is 5.92. The number of hydrogen-bond acceptors (Lipinski definition) is 7. The molecule has 0 unspecified atom stereocenters. The van der Waals surface area contributed by atoms with E-state index >= 15 is 0 Å². The Hall–Kier alpha value is -5.56. The van der Waals surface area contributed by atoms with E-state index in [1.165, 1.54) is 7.11 Å². The topological polar surface area (TPSA) is 112 Å². The molecule has 1 aromatic heterocycles. The summed E-state index contributed by atoms with van der Waals surface area (Å²) in [7, 11) is 1.49. The van der Waals surface area contributed by atoms with Gasteiger partial charge in [0, 0.05) is 31.4 Å². The Bertz CT molecular complexity index is 2040. The Balaban J connectivity index is 1.17. The fourth-order valence-electron chi connectivity index (χ4n) is 7.42. The number of urea groups is 1. The highest BCUT2D eigenvalue weighted by Crippen LogP contribution is 2.31. The van der Waals surface area contributed by atoms with Gasteiger partial charge in [-0.05, 0) is 40.3 Å². The fourth-order valence-corrected chi connectivity index (χ4v) is 7.42. The molecule has 0 bridgehead atoms. The van der Waals surface area contributed by atoms with Crippen LogP contribution in [-0.4, -0.2) is 86.4 Å². The Morgan fingerprint density at radius 1 is 0.868 bits per heavy atom. The number of nitrogens with zero attached hydrogens (tertiary/aromatic N) is 6. The molecule has 2 aliphatic rings. The van der Waals surface area contributed by atoms with E-state index in [0.29, 0.717) is 45.6 Å². The lowest BCUT2D eigenvalue weighted by Gasteiger charge is -2.46. The van der Waals surface area contributed by atoms with Crippen LogP contribution in [0.5, 0.6) is 0 Å². The second kappa shape index (κ2) is 16.4. The number of hydrogen-bond donors (Lipinski definition) is 1. The van der Waals surface area contributed by atoms with Gasteiger partial charge < -0.3 is 15.1 Å². The second-order valence-corrected chi connectivity index (χ2v) is 13.4. The van der Waals surface area contributed by atoms with Crippen molar-refractivity contribution in [3.8, 4) is 0 Å². The molecule has 5 aromatic rings. The van der Waals surface area contributed by atoms with Crippen molar-refractivity contribution < 1.29 is 24.2 Å². The first-order chi connectivity index (χ1) is 25.9. The molecular formula is C41H45N7O5. The number of hydrazine groups is 1. The van der Waals surface area contributed by atoms with Crippen LogP contribution in [0.15, 0.2) is 109 Å². The maximum atomic E-state index is 14.5. The van der Waals surface area contributed by atoms with Gasteiger partial charge in [0.15, 0.2) is 0 Å². The van der Waals surface area contributed by atoms with Gasteiger partial charge in [0.2, 0.25) is 11.8 Å². The zero-order valence-corrected chi connectivity index (χ0v) is 30.1. The first-order valence-electron chi connectivity index (χ1n) is 18.1. The molecule has 2 saturated heterocycles. The first kappa shape index (κ1) is 35.8. The maximum Gasteiger partial charge on any atom is 0.332 e. The predicted molar refractivity (Wildman–Crippen MR) is 199 cm³/mol. The van der Waals surface area contributed by atoms with Crippen LogP contribution in [0.25, 0.3) is 10.9 Å². The van der Waals surface area contributed by atoms with Gasteiger partial charge in [0.05, 0.1) is 38.5 Å². The van der Waals surface area contributed by atoms with Crippen LogP contribution in [0.3, 0.4) is 0 Å². The molecule has 1 N–H and O–H groups in total. The van der Waals surface area contributed by atoms with Crippen molar-refractivity contribution in [2.24, 2.45) is 0 Å². The van der Waals surface area contributed by atoms with Crippen molar-refractivity contribution >= 4 is 28.7 Å². The summed E-state index contributed by atoms with van der Waals surface area (Å²) in [6.07, 6.45) is 2.40. The number of benzene rings is 4. The number of carbonyl (C=O) groups excluding carboxylic acids is 3. The van der Waals surface area contributed by atoms with Gasteiger partial charge in [-0.3, -0.25) is 19.3 Å². The molecule has 53 heavy (non-hydrogen) atoms. The van der Waals surface area contributed by atoms with Crippen molar-refractivity contribution in [1.82, 2.24) is 34.9 Å². The van der Waals surface area contributed by atoms with Gasteiger partial charge in [0.1, 0.15) is 18.8 Å². The van der Waals surface area contributed by atoms with Crippen molar-refractivity contribution in [2.75, 3.05) is 26.7 Å². The first-order valence-corrected chi connectivity index (χ1v) is 18.1. The molecule has 12 nitrogen and oxygen atoms in total. The van der Waals surface area contributed by atoms with Crippen LogP contribution in [0, 0.1) is 0 Å². The highest BCUT2D eigenvalue weighted by atomic mass is 17.2. The average Bonchev–Trinajstić information content (AvgIpc) is 3.75. The van der Waals surface area contributed by atoms with Crippen LogP contribution in [0.1, 0.15) is 41.2 Å². The fraction of sp³-hybridized carbons (Fsp3) is 0.317. The van der Waals surface area contributed by atoms with Gasteiger partial charge in [0.25, 0.3) is 0 Å². The lowest BCUT2D eigenvalue weighted by molar-refractivity contribution is -0.282. The van der Waals surface area contributed by atoms with Crippen molar-refractivity contribution in [3.05, 3.63) is 137 Å². The standard InChI is InChI=1S/C41H45N7O5/c1-3-21-46(41(51)42-23-31-15-8-5-9-16-31)47-28-39(49)48-37(22-30-13-6-4-7-14-30)40(50)44(27-38(47)48)25-33-19-12-20-36-35(33)24-43-45(36)26-32-17-10-11-18-34(32)29-53-52-2/h4-20,24,37-38H,3,21-23,25-29H2,1-2H3,(H,42,51)/t37-,38+/m0/s1. The quantitative estimate of drug-likeness (QED) is 0.126. The van der Waals surface area contributed by atoms with E-state index in [0.717, 1.165) is 38.7 Å². The molecule has 2 atom stereocenters. The Kier molecular flexibility index (Phi) is 11.1. The van der Waals surface area contributed by atoms with Crippen LogP contribution in [0.4, 0.5) is 4.79 Å². The van der Waals surface area contributed by atoms with Crippen molar-refractivity contribution in [2.45, 2.75) is 58.2 Å². The van der Waals surface area contributed by atoms with E-state index in [4.69, 9.17) is 14.9 Å². The third kappa shape index (κ3) is 7.80. The number of piperazine rings is 1. The maximum absolute atomic E-state index is 14.5. The molecule has 0 spiro atoms. The third-order valence-electron chi connectivity index (χ3n) is 10.0. The molecule has 12 heteroatoms. The van der Waals surface area contributed by atoms with E-state index in [-0.39, 0.29) is 30.9 Å². The monoisotopic (exact) mass is 715 g/mol. The molecule has 4 amide bonds. The summed E-state index contributed by atoms with van der Waals surface area (Å²) >= 11 is 0. The normalized spacial score (nSPS) is 17.4. The number of nitrogens with one attached hydrogen (secondary N) is 1. The van der Waals surface area contributed by atoms with Crippen molar-refractivity contribution in [3.63, 3.8) is 0 Å². The Morgan fingerprint density at radius 2 is 1.57 bits per heavy atom.